The predicted octanol–water partition coefficient (Wildman–Crippen LogP) is 4.84. The smallest absolute Gasteiger partial charge is 0.127 e. The van der Waals surface area contributed by atoms with Gasteiger partial charge in [0.1, 0.15) is 11.5 Å². The third-order valence-electron chi connectivity index (χ3n) is 3.36. The largest absolute Gasteiger partial charge is 0.457 e. The highest BCUT2D eigenvalue weighted by molar-refractivity contribution is 9.10. The van der Waals surface area contributed by atoms with E-state index in [-0.39, 0.29) is 0 Å². The molecule has 0 amide bonds. The number of hydrogen-bond donors (Lipinski definition) is 0. The molecule has 0 bridgehead atoms. The minimum absolute atomic E-state index is 0.858. The highest BCUT2D eigenvalue weighted by Crippen LogP contribution is 2.27. The Morgan fingerprint density at radius 3 is 1.89 bits per heavy atom. The number of hydrogen-bond acceptors (Lipinski definition) is 2. The van der Waals surface area contributed by atoms with E-state index in [1.807, 2.05) is 36.4 Å². The maximum Gasteiger partial charge on any atom is 0.127 e. The normalized spacial score (nSPS) is 14.7. The third-order valence-corrected chi connectivity index (χ3v) is 3.89. The molecule has 0 saturated carbocycles. The molecule has 2 aromatic carbocycles. The van der Waals surface area contributed by atoms with Crippen molar-refractivity contribution in [2.45, 2.75) is 12.8 Å². The molecular formula is C16H16BrNO. The lowest BCUT2D eigenvalue weighted by Crippen LogP contribution is -2.17. The molecule has 3 heteroatoms. The number of rotatable bonds is 3. The van der Waals surface area contributed by atoms with E-state index in [4.69, 9.17) is 4.74 Å². The molecule has 1 saturated heterocycles. The van der Waals surface area contributed by atoms with Gasteiger partial charge in [-0.2, -0.15) is 0 Å². The lowest BCUT2D eigenvalue weighted by atomic mass is 10.3. The molecule has 0 atom stereocenters. The van der Waals surface area contributed by atoms with Crippen LogP contribution >= 0.6 is 15.9 Å². The molecule has 1 aliphatic rings. The molecule has 98 valence electrons. The van der Waals surface area contributed by atoms with Gasteiger partial charge in [0.2, 0.25) is 0 Å². The van der Waals surface area contributed by atoms with Crippen molar-refractivity contribution in [1.29, 1.82) is 0 Å². The van der Waals surface area contributed by atoms with Crippen molar-refractivity contribution >= 4 is 21.6 Å². The summed E-state index contributed by atoms with van der Waals surface area (Å²) in [6, 6.07) is 16.2. The van der Waals surface area contributed by atoms with Gasteiger partial charge in [0.15, 0.2) is 0 Å². The van der Waals surface area contributed by atoms with Gasteiger partial charge in [-0.1, -0.05) is 15.9 Å². The molecule has 0 aromatic heterocycles. The van der Waals surface area contributed by atoms with Crippen LogP contribution in [-0.2, 0) is 0 Å². The Balaban J connectivity index is 1.70. The summed E-state index contributed by atoms with van der Waals surface area (Å²) in [5.74, 6) is 1.74. The summed E-state index contributed by atoms with van der Waals surface area (Å²) in [5, 5.41) is 0. The van der Waals surface area contributed by atoms with Gasteiger partial charge in [-0.05, 0) is 61.4 Å². The predicted molar refractivity (Wildman–Crippen MR) is 82.1 cm³/mol. The molecule has 0 aliphatic carbocycles. The monoisotopic (exact) mass is 317 g/mol. The molecule has 0 radical (unpaired) electrons. The fraction of sp³-hybridized carbons (Fsp3) is 0.250. The molecule has 0 unspecified atom stereocenters. The van der Waals surface area contributed by atoms with E-state index in [0.29, 0.717) is 0 Å². The Morgan fingerprint density at radius 1 is 0.789 bits per heavy atom. The van der Waals surface area contributed by atoms with Gasteiger partial charge >= 0.3 is 0 Å². The first-order chi connectivity index (χ1) is 9.31. The molecule has 1 fully saturated rings. The topological polar surface area (TPSA) is 12.5 Å². The quantitative estimate of drug-likeness (QED) is 0.803. The minimum Gasteiger partial charge on any atom is -0.457 e. The molecule has 2 nitrogen and oxygen atoms in total. The average molecular weight is 318 g/mol. The molecule has 3 rings (SSSR count). The van der Waals surface area contributed by atoms with Crippen LogP contribution in [0.5, 0.6) is 11.5 Å². The van der Waals surface area contributed by atoms with Crippen LogP contribution in [0.25, 0.3) is 0 Å². The average Bonchev–Trinajstić information content (AvgIpc) is 2.96. The molecule has 1 aliphatic heterocycles. The number of benzene rings is 2. The van der Waals surface area contributed by atoms with Crippen LogP contribution in [0.4, 0.5) is 5.69 Å². The van der Waals surface area contributed by atoms with Crippen LogP contribution in [0.2, 0.25) is 0 Å². The fourth-order valence-electron chi connectivity index (χ4n) is 2.34. The van der Waals surface area contributed by atoms with Gasteiger partial charge in [0.05, 0.1) is 0 Å². The Bertz CT molecular complexity index is 530. The summed E-state index contributed by atoms with van der Waals surface area (Å²) in [6.45, 7) is 2.35. The van der Waals surface area contributed by atoms with Gasteiger partial charge in [-0.25, -0.2) is 0 Å². The molecule has 2 aromatic rings. The SMILES string of the molecule is Brc1ccc(Oc2ccc(N3CCCC3)cc2)cc1. The highest BCUT2D eigenvalue weighted by Gasteiger charge is 2.11. The van der Waals surface area contributed by atoms with E-state index < -0.39 is 0 Å². The van der Waals surface area contributed by atoms with Crippen molar-refractivity contribution in [3.8, 4) is 11.5 Å². The number of anilines is 1. The minimum atomic E-state index is 0.858. The Morgan fingerprint density at radius 2 is 1.32 bits per heavy atom. The second-order valence-corrected chi connectivity index (χ2v) is 5.66. The Kier molecular flexibility index (Phi) is 3.74. The van der Waals surface area contributed by atoms with Crippen molar-refractivity contribution < 1.29 is 4.74 Å². The van der Waals surface area contributed by atoms with Crippen molar-refractivity contribution in [1.82, 2.24) is 0 Å². The molecule has 19 heavy (non-hydrogen) atoms. The zero-order valence-corrected chi connectivity index (χ0v) is 12.3. The van der Waals surface area contributed by atoms with E-state index in [0.717, 1.165) is 16.0 Å². The standard InChI is InChI=1S/C16H16BrNO/c17-13-3-7-15(8-4-13)19-16-9-5-14(6-10-16)18-11-1-2-12-18/h3-10H,1-2,11-12H2. The zero-order valence-electron chi connectivity index (χ0n) is 10.7. The maximum absolute atomic E-state index is 5.81. The fourth-order valence-corrected chi connectivity index (χ4v) is 2.60. The lowest BCUT2D eigenvalue weighted by Gasteiger charge is -2.17. The van der Waals surface area contributed by atoms with Crippen LogP contribution in [0.3, 0.4) is 0 Å². The molecule has 0 spiro atoms. The number of ether oxygens (including phenoxy) is 1. The van der Waals surface area contributed by atoms with Crippen LogP contribution in [-0.4, -0.2) is 13.1 Å². The molecule has 0 N–H and O–H groups in total. The maximum atomic E-state index is 5.81. The van der Waals surface area contributed by atoms with E-state index in [1.165, 1.54) is 31.6 Å². The van der Waals surface area contributed by atoms with E-state index in [9.17, 15) is 0 Å². The van der Waals surface area contributed by atoms with Gasteiger partial charge in [-0.3, -0.25) is 0 Å². The number of nitrogens with zero attached hydrogens (tertiary/aromatic N) is 1. The number of halogens is 1. The third kappa shape index (κ3) is 3.10. The highest BCUT2D eigenvalue weighted by atomic mass is 79.9. The van der Waals surface area contributed by atoms with Crippen molar-refractivity contribution in [3.63, 3.8) is 0 Å². The van der Waals surface area contributed by atoms with E-state index >= 15 is 0 Å². The molecule has 1 heterocycles. The summed E-state index contributed by atoms with van der Waals surface area (Å²) in [6.07, 6.45) is 2.61. The summed E-state index contributed by atoms with van der Waals surface area (Å²) in [4.78, 5) is 2.42. The van der Waals surface area contributed by atoms with Crippen LogP contribution in [0, 0.1) is 0 Å². The summed E-state index contributed by atoms with van der Waals surface area (Å²) >= 11 is 3.42. The second-order valence-electron chi connectivity index (χ2n) is 4.74. The van der Waals surface area contributed by atoms with Crippen molar-refractivity contribution in [2.75, 3.05) is 18.0 Å². The summed E-state index contributed by atoms with van der Waals surface area (Å²) in [5.41, 5.74) is 1.29. The van der Waals surface area contributed by atoms with Crippen LogP contribution in [0.1, 0.15) is 12.8 Å². The summed E-state index contributed by atoms with van der Waals surface area (Å²) < 4.78 is 6.87. The second kappa shape index (κ2) is 5.66. The van der Waals surface area contributed by atoms with Gasteiger partial charge in [0.25, 0.3) is 0 Å². The van der Waals surface area contributed by atoms with Crippen LogP contribution < -0.4 is 9.64 Å². The van der Waals surface area contributed by atoms with Gasteiger partial charge < -0.3 is 9.64 Å². The van der Waals surface area contributed by atoms with Crippen molar-refractivity contribution in [2.24, 2.45) is 0 Å². The van der Waals surface area contributed by atoms with E-state index in [1.54, 1.807) is 0 Å². The first-order valence-electron chi connectivity index (χ1n) is 6.60. The first-order valence-corrected chi connectivity index (χ1v) is 7.39. The van der Waals surface area contributed by atoms with Gasteiger partial charge in [-0.15, -0.1) is 0 Å². The Labute approximate surface area is 122 Å². The molecular weight excluding hydrogens is 302 g/mol. The van der Waals surface area contributed by atoms with E-state index in [2.05, 4.69) is 33.0 Å². The first kappa shape index (κ1) is 12.5. The van der Waals surface area contributed by atoms with Gasteiger partial charge in [0, 0.05) is 23.2 Å². The Hall–Kier alpha value is -1.48. The van der Waals surface area contributed by atoms with Crippen molar-refractivity contribution in [3.05, 3.63) is 53.0 Å². The zero-order chi connectivity index (χ0) is 13.1. The summed E-state index contributed by atoms with van der Waals surface area (Å²) in [7, 11) is 0. The lowest BCUT2D eigenvalue weighted by molar-refractivity contribution is 0.482. The van der Waals surface area contributed by atoms with Crippen LogP contribution in [0.15, 0.2) is 53.0 Å².